The van der Waals surface area contributed by atoms with Crippen LogP contribution in [0.3, 0.4) is 0 Å². The summed E-state index contributed by atoms with van der Waals surface area (Å²) < 4.78 is 0. The predicted octanol–water partition coefficient (Wildman–Crippen LogP) is 4.42. The van der Waals surface area contributed by atoms with E-state index >= 15 is 0 Å². The van der Waals surface area contributed by atoms with Crippen molar-refractivity contribution < 1.29 is 0 Å². The van der Waals surface area contributed by atoms with Crippen LogP contribution in [-0.4, -0.2) is 12.6 Å². The lowest BCUT2D eigenvalue weighted by Gasteiger charge is -2.24. The molecule has 0 aliphatic rings. The van der Waals surface area contributed by atoms with Crippen molar-refractivity contribution in [3.05, 3.63) is 35.9 Å². The van der Waals surface area contributed by atoms with Crippen LogP contribution in [0.15, 0.2) is 30.3 Å². The van der Waals surface area contributed by atoms with Crippen molar-refractivity contribution in [1.82, 2.24) is 5.32 Å². The van der Waals surface area contributed by atoms with Crippen molar-refractivity contribution in [2.24, 2.45) is 5.92 Å². The highest BCUT2D eigenvalue weighted by molar-refractivity contribution is 5.14. The first-order chi connectivity index (χ1) is 8.77. The molecule has 1 rings (SSSR count). The van der Waals surface area contributed by atoms with E-state index in [9.17, 15) is 0 Å². The van der Waals surface area contributed by atoms with E-state index in [1.54, 1.807) is 0 Å². The van der Waals surface area contributed by atoms with Gasteiger partial charge in [-0.05, 0) is 43.7 Å². The molecule has 0 bridgehead atoms. The first-order valence-electron chi connectivity index (χ1n) is 7.55. The monoisotopic (exact) mass is 247 g/mol. The van der Waals surface area contributed by atoms with Crippen LogP contribution >= 0.6 is 0 Å². The summed E-state index contributed by atoms with van der Waals surface area (Å²) in [5, 5.41) is 3.71. The van der Waals surface area contributed by atoms with Crippen molar-refractivity contribution in [2.45, 2.75) is 58.9 Å². The average molecular weight is 247 g/mol. The molecule has 1 heteroatoms. The van der Waals surface area contributed by atoms with Gasteiger partial charge in [0, 0.05) is 6.04 Å². The summed E-state index contributed by atoms with van der Waals surface area (Å²) in [6, 6.07) is 11.5. The number of hydrogen-bond donors (Lipinski definition) is 1. The molecule has 1 aromatic carbocycles. The molecule has 0 saturated heterocycles. The Morgan fingerprint density at radius 2 is 1.83 bits per heavy atom. The van der Waals surface area contributed by atoms with Crippen molar-refractivity contribution in [3.8, 4) is 0 Å². The molecule has 18 heavy (non-hydrogen) atoms. The van der Waals surface area contributed by atoms with Crippen molar-refractivity contribution in [3.63, 3.8) is 0 Å². The molecule has 102 valence electrons. The van der Waals surface area contributed by atoms with Crippen LogP contribution in [0, 0.1) is 5.92 Å². The third kappa shape index (κ3) is 5.68. The molecule has 0 fully saturated rings. The highest BCUT2D eigenvalue weighted by Gasteiger charge is 2.14. The van der Waals surface area contributed by atoms with Gasteiger partial charge in [-0.1, -0.05) is 57.5 Å². The van der Waals surface area contributed by atoms with Crippen LogP contribution in [0.2, 0.25) is 0 Å². The van der Waals surface area contributed by atoms with Crippen LogP contribution in [-0.2, 0) is 6.42 Å². The molecule has 1 aromatic rings. The van der Waals surface area contributed by atoms with Gasteiger partial charge >= 0.3 is 0 Å². The molecule has 2 unspecified atom stereocenters. The van der Waals surface area contributed by atoms with Crippen LogP contribution in [0.1, 0.15) is 52.0 Å². The minimum Gasteiger partial charge on any atom is -0.314 e. The number of nitrogens with one attached hydrogen (secondary N) is 1. The molecule has 0 saturated carbocycles. The fraction of sp³-hybridized carbons (Fsp3) is 0.647. The second-order valence-electron chi connectivity index (χ2n) is 5.32. The molecule has 0 aliphatic heterocycles. The predicted molar refractivity (Wildman–Crippen MR) is 80.9 cm³/mol. The first-order valence-corrected chi connectivity index (χ1v) is 7.55. The smallest absolute Gasteiger partial charge is 0.00927 e. The highest BCUT2D eigenvalue weighted by atomic mass is 14.9. The van der Waals surface area contributed by atoms with Crippen molar-refractivity contribution >= 4 is 0 Å². The molecule has 1 nitrogen and oxygen atoms in total. The zero-order valence-electron chi connectivity index (χ0n) is 12.3. The summed E-state index contributed by atoms with van der Waals surface area (Å²) in [5.74, 6) is 0.785. The SMILES string of the molecule is CCCNC(CCCc1ccccc1)C(C)CC. The summed E-state index contributed by atoms with van der Waals surface area (Å²) >= 11 is 0. The van der Waals surface area contributed by atoms with E-state index in [0.29, 0.717) is 6.04 Å². The molecule has 0 spiro atoms. The normalized spacial score (nSPS) is 14.4. The molecule has 0 aliphatic carbocycles. The number of benzene rings is 1. The Bertz CT molecular complexity index is 294. The minimum atomic E-state index is 0.693. The Balaban J connectivity index is 2.32. The van der Waals surface area contributed by atoms with E-state index in [2.05, 4.69) is 56.4 Å². The van der Waals surface area contributed by atoms with Gasteiger partial charge in [0.1, 0.15) is 0 Å². The lowest BCUT2D eigenvalue weighted by Crippen LogP contribution is -2.35. The second kappa shape index (κ2) is 9.16. The summed E-state index contributed by atoms with van der Waals surface area (Å²) in [6.07, 6.45) is 6.29. The Kier molecular flexibility index (Phi) is 7.75. The van der Waals surface area contributed by atoms with E-state index in [1.807, 2.05) is 0 Å². The number of hydrogen-bond acceptors (Lipinski definition) is 1. The van der Waals surface area contributed by atoms with Crippen LogP contribution < -0.4 is 5.32 Å². The number of aryl methyl sites for hydroxylation is 1. The molecular weight excluding hydrogens is 218 g/mol. The largest absolute Gasteiger partial charge is 0.314 e. The summed E-state index contributed by atoms with van der Waals surface area (Å²) in [6.45, 7) is 8.06. The van der Waals surface area contributed by atoms with Crippen LogP contribution in [0.25, 0.3) is 0 Å². The third-order valence-corrected chi connectivity index (χ3v) is 3.81. The van der Waals surface area contributed by atoms with Crippen molar-refractivity contribution in [1.29, 1.82) is 0 Å². The maximum absolute atomic E-state index is 3.71. The quantitative estimate of drug-likeness (QED) is 0.681. The van der Waals surface area contributed by atoms with Gasteiger partial charge in [-0.25, -0.2) is 0 Å². The van der Waals surface area contributed by atoms with Crippen LogP contribution in [0.5, 0.6) is 0 Å². The maximum Gasteiger partial charge on any atom is 0.00927 e. The van der Waals surface area contributed by atoms with E-state index in [4.69, 9.17) is 0 Å². The Labute approximate surface area is 113 Å². The molecule has 1 N–H and O–H groups in total. The highest BCUT2D eigenvalue weighted by Crippen LogP contribution is 2.15. The third-order valence-electron chi connectivity index (χ3n) is 3.81. The Hall–Kier alpha value is -0.820. The minimum absolute atomic E-state index is 0.693. The number of rotatable bonds is 9. The lowest BCUT2D eigenvalue weighted by molar-refractivity contribution is 0.342. The zero-order valence-corrected chi connectivity index (χ0v) is 12.3. The summed E-state index contributed by atoms with van der Waals surface area (Å²) in [4.78, 5) is 0. The van der Waals surface area contributed by atoms with Gasteiger partial charge in [0.05, 0.1) is 0 Å². The van der Waals surface area contributed by atoms with Crippen molar-refractivity contribution in [2.75, 3.05) is 6.54 Å². The van der Waals surface area contributed by atoms with E-state index < -0.39 is 0 Å². The maximum atomic E-state index is 3.71. The molecular formula is C17H29N. The van der Waals surface area contributed by atoms with E-state index in [0.717, 1.165) is 12.5 Å². The molecule has 2 atom stereocenters. The lowest BCUT2D eigenvalue weighted by atomic mass is 9.93. The molecule has 0 aromatic heterocycles. The first kappa shape index (κ1) is 15.2. The van der Waals surface area contributed by atoms with Gasteiger partial charge < -0.3 is 5.32 Å². The fourth-order valence-corrected chi connectivity index (χ4v) is 2.37. The zero-order chi connectivity index (χ0) is 13.2. The molecule has 0 amide bonds. The van der Waals surface area contributed by atoms with Gasteiger partial charge in [0.25, 0.3) is 0 Å². The second-order valence-corrected chi connectivity index (χ2v) is 5.32. The van der Waals surface area contributed by atoms with E-state index in [-0.39, 0.29) is 0 Å². The summed E-state index contributed by atoms with van der Waals surface area (Å²) in [7, 11) is 0. The average Bonchev–Trinajstić information content (AvgIpc) is 2.43. The van der Waals surface area contributed by atoms with Gasteiger partial charge in [-0.2, -0.15) is 0 Å². The van der Waals surface area contributed by atoms with Gasteiger partial charge in [0.15, 0.2) is 0 Å². The topological polar surface area (TPSA) is 12.0 Å². The van der Waals surface area contributed by atoms with E-state index in [1.165, 1.54) is 37.7 Å². The molecule has 0 heterocycles. The van der Waals surface area contributed by atoms with Gasteiger partial charge in [0.2, 0.25) is 0 Å². The fourth-order valence-electron chi connectivity index (χ4n) is 2.37. The molecule has 0 radical (unpaired) electrons. The van der Waals surface area contributed by atoms with Gasteiger partial charge in [-0.15, -0.1) is 0 Å². The summed E-state index contributed by atoms with van der Waals surface area (Å²) in [5.41, 5.74) is 1.47. The Morgan fingerprint density at radius 1 is 1.11 bits per heavy atom. The van der Waals surface area contributed by atoms with Gasteiger partial charge in [-0.3, -0.25) is 0 Å². The van der Waals surface area contributed by atoms with Crippen LogP contribution in [0.4, 0.5) is 0 Å². The standard InChI is InChI=1S/C17H29N/c1-4-14-18-17(15(3)5-2)13-9-12-16-10-7-6-8-11-16/h6-8,10-11,15,17-18H,4-5,9,12-14H2,1-3H3. The Morgan fingerprint density at radius 3 is 2.44 bits per heavy atom.